The van der Waals surface area contributed by atoms with Crippen molar-refractivity contribution in [2.75, 3.05) is 0 Å². The summed E-state index contributed by atoms with van der Waals surface area (Å²) in [6, 6.07) is 8.19. The highest BCUT2D eigenvalue weighted by Crippen LogP contribution is 2.33. The number of benzene rings is 2. The van der Waals surface area contributed by atoms with Gasteiger partial charge >= 0.3 is 0 Å². The number of halogens is 2. The Morgan fingerprint density at radius 3 is 2.67 bits per heavy atom. The summed E-state index contributed by atoms with van der Waals surface area (Å²) in [7, 11) is 0. The molecular formula is C14H8ClFN2O3. The van der Waals surface area contributed by atoms with Gasteiger partial charge in [0, 0.05) is 16.7 Å². The Kier molecular flexibility index (Phi) is 4.05. The van der Waals surface area contributed by atoms with Gasteiger partial charge in [0.15, 0.2) is 11.6 Å². The highest BCUT2D eigenvalue weighted by Gasteiger charge is 2.17. The van der Waals surface area contributed by atoms with Gasteiger partial charge < -0.3 is 4.74 Å². The summed E-state index contributed by atoms with van der Waals surface area (Å²) in [6.07, 6.45) is 0. The average Bonchev–Trinajstić information content (AvgIpc) is 2.42. The van der Waals surface area contributed by atoms with Gasteiger partial charge in [0.25, 0.3) is 5.69 Å². The monoisotopic (exact) mass is 306 g/mol. The number of rotatable bonds is 3. The zero-order valence-corrected chi connectivity index (χ0v) is 11.5. The standard InChI is InChI=1S/C14H8ClFN2O3/c1-8-4-14(11(16)6-12(8)18(19)20)21-13-5-10(15)3-2-9(13)7-17/h2-6H,1H3. The van der Waals surface area contributed by atoms with E-state index in [-0.39, 0.29) is 28.3 Å². The third-order valence-electron chi connectivity index (χ3n) is 2.73. The summed E-state index contributed by atoms with van der Waals surface area (Å²) in [5.74, 6) is -1.02. The molecule has 2 aromatic rings. The van der Waals surface area contributed by atoms with E-state index in [1.54, 1.807) is 0 Å². The van der Waals surface area contributed by atoms with Gasteiger partial charge in [-0.05, 0) is 25.1 Å². The van der Waals surface area contributed by atoms with Gasteiger partial charge in [-0.15, -0.1) is 0 Å². The first-order valence-corrected chi connectivity index (χ1v) is 6.12. The van der Waals surface area contributed by atoms with Gasteiger partial charge in [0.2, 0.25) is 0 Å². The predicted molar refractivity (Wildman–Crippen MR) is 74.0 cm³/mol. The van der Waals surface area contributed by atoms with Crippen LogP contribution in [0.5, 0.6) is 11.5 Å². The van der Waals surface area contributed by atoms with Crippen LogP contribution < -0.4 is 4.74 Å². The molecule has 0 fully saturated rings. The van der Waals surface area contributed by atoms with Gasteiger partial charge in [0.05, 0.1) is 16.6 Å². The maximum atomic E-state index is 13.9. The number of aryl methyl sites for hydroxylation is 1. The lowest BCUT2D eigenvalue weighted by Gasteiger charge is -2.09. The van der Waals surface area contributed by atoms with Gasteiger partial charge in [-0.3, -0.25) is 10.1 Å². The van der Waals surface area contributed by atoms with Crippen LogP contribution >= 0.6 is 11.6 Å². The molecule has 0 N–H and O–H groups in total. The molecule has 2 aromatic carbocycles. The highest BCUT2D eigenvalue weighted by molar-refractivity contribution is 6.30. The van der Waals surface area contributed by atoms with Crippen molar-refractivity contribution in [3.05, 3.63) is 62.4 Å². The maximum absolute atomic E-state index is 13.9. The number of ether oxygens (including phenoxy) is 1. The van der Waals surface area contributed by atoms with Crippen molar-refractivity contribution in [3.8, 4) is 17.6 Å². The zero-order chi connectivity index (χ0) is 15.6. The van der Waals surface area contributed by atoms with Crippen molar-refractivity contribution < 1.29 is 14.1 Å². The second kappa shape index (κ2) is 5.77. The summed E-state index contributed by atoms with van der Waals surface area (Å²) in [4.78, 5) is 10.0. The van der Waals surface area contributed by atoms with Crippen LogP contribution in [0.15, 0.2) is 30.3 Å². The van der Waals surface area contributed by atoms with Gasteiger partial charge in [-0.1, -0.05) is 11.6 Å². The van der Waals surface area contributed by atoms with E-state index in [2.05, 4.69) is 0 Å². The van der Waals surface area contributed by atoms with Crippen LogP contribution in [0.2, 0.25) is 5.02 Å². The molecule has 5 nitrogen and oxygen atoms in total. The van der Waals surface area contributed by atoms with E-state index < -0.39 is 10.7 Å². The molecule has 0 unspecified atom stereocenters. The largest absolute Gasteiger partial charge is 0.453 e. The molecule has 0 aliphatic rings. The number of hydrogen-bond acceptors (Lipinski definition) is 4. The average molecular weight is 307 g/mol. The molecule has 0 spiro atoms. The Balaban J connectivity index is 2.46. The molecular weight excluding hydrogens is 299 g/mol. The van der Waals surface area contributed by atoms with Crippen molar-refractivity contribution in [2.24, 2.45) is 0 Å². The van der Waals surface area contributed by atoms with Gasteiger partial charge in [-0.2, -0.15) is 5.26 Å². The summed E-state index contributed by atoms with van der Waals surface area (Å²) in [5, 5.41) is 20.0. The minimum Gasteiger partial charge on any atom is -0.453 e. The molecule has 0 saturated carbocycles. The first-order valence-electron chi connectivity index (χ1n) is 5.74. The molecule has 0 saturated heterocycles. The van der Waals surface area contributed by atoms with Crippen LogP contribution in [0, 0.1) is 34.2 Å². The summed E-state index contributed by atoms with van der Waals surface area (Å²) >= 11 is 5.81. The van der Waals surface area contributed by atoms with Gasteiger partial charge in [0.1, 0.15) is 11.8 Å². The van der Waals surface area contributed by atoms with Gasteiger partial charge in [-0.25, -0.2) is 4.39 Å². The van der Waals surface area contributed by atoms with E-state index in [1.807, 2.05) is 6.07 Å². The van der Waals surface area contributed by atoms with Crippen molar-refractivity contribution in [3.63, 3.8) is 0 Å². The van der Waals surface area contributed by atoms with Crippen molar-refractivity contribution >= 4 is 17.3 Å². The molecule has 106 valence electrons. The normalized spacial score (nSPS) is 10.0. The first kappa shape index (κ1) is 14.8. The van der Waals surface area contributed by atoms with Crippen molar-refractivity contribution in [2.45, 2.75) is 6.92 Å². The molecule has 0 aromatic heterocycles. The van der Waals surface area contributed by atoms with Crippen LogP contribution in [-0.2, 0) is 0 Å². The van der Waals surface area contributed by atoms with Crippen LogP contribution in [0.4, 0.5) is 10.1 Å². The van der Waals surface area contributed by atoms with E-state index in [0.29, 0.717) is 5.02 Å². The Labute approximate surface area is 124 Å². The third-order valence-corrected chi connectivity index (χ3v) is 2.97. The molecule has 0 atom stereocenters. The fourth-order valence-corrected chi connectivity index (χ4v) is 1.87. The topological polar surface area (TPSA) is 76.2 Å². The maximum Gasteiger partial charge on any atom is 0.275 e. The van der Waals surface area contributed by atoms with Crippen LogP contribution in [0.25, 0.3) is 0 Å². The molecule has 7 heteroatoms. The van der Waals surface area contributed by atoms with Crippen molar-refractivity contribution in [1.29, 1.82) is 5.26 Å². The van der Waals surface area contributed by atoms with E-state index in [1.165, 1.54) is 31.2 Å². The third kappa shape index (κ3) is 3.09. The SMILES string of the molecule is Cc1cc(Oc2cc(Cl)ccc2C#N)c(F)cc1[N+](=O)[O-]. The minimum atomic E-state index is -0.892. The summed E-state index contributed by atoms with van der Waals surface area (Å²) in [6.45, 7) is 1.47. The quantitative estimate of drug-likeness (QED) is 0.623. The summed E-state index contributed by atoms with van der Waals surface area (Å²) < 4.78 is 19.2. The Morgan fingerprint density at radius 2 is 2.05 bits per heavy atom. The fourth-order valence-electron chi connectivity index (χ4n) is 1.71. The lowest BCUT2D eigenvalue weighted by atomic mass is 10.2. The number of nitro groups is 1. The smallest absolute Gasteiger partial charge is 0.275 e. The molecule has 21 heavy (non-hydrogen) atoms. The Morgan fingerprint density at radius 1 is 1.33 bits per heavy atom. The highest BCUT2D eigenvalue weighted by atomic mass is 35.5. The second-order valence-electron chi connectivity index (χ2n) is 4.18. The molecule has 0 aliphatic heterocycles. The molecule has 0 bridgehead atoms. The number of nitriles is 1. The molecule has 2 rings (SSSR count). The predicted octanol–water partition coefficient (Wildman–Crippen LogP) is 4.36. The van der Waals surface area contributed by atoms with Crippen molar-refractivity contribution in [1.82, 2.24) is 0 Å². The molecule has 0 amide bonds. The summed E-state index contributed by atoms with van der Waals surface area (Å²) in [5.41, 5.74) is 0.0817. The number of hydrogen-bond donors (Lipinski definition) is 0. The fraction of sp³-hybridized carbons (Fsp3) is 0.0714. The van der Waals surface area contributed by atoms with E-state index >= 15 is 0 Å². The second-order valence-corrected chi connectivity index (χ2v) is 4.62. The van der Waals surface area contributed by atoms with E-state index in [4.69, 9.17) is 21.6 Å². The first-order chi connectivity index (χ1) is 9.92. The number of nitrogens with zero attached hydrogens (tertiary/aromatic N) is 2. The Bertz CT molecular complexity index is 772. The van der Waals surface area contributed by atoms with E-state index in [0.717, 1.165) is 6.07 Å². The minimum absolute atomic E-state index is 0.0807. The lowest BCUT2D eigenvalue weighted by molar-refractivity contribution is -0.385. The molecule has 0 aliphatic carbocycles. The zero-order valence-electron chi connectivity index (χ0n) is 10.8. The van der Waals surface area contributed by atoms with Crippen LogP contribution in [0.3, 0.4) is 0 Å². The Hall–Kier alpha value is -2.65. The lowest BCUT2D eigenvalue weighted by Crippen LogP contribution is -1.96. The molecule has 0 heterocycles. The van der Waals surface area contributed by atoms with E-state index in [9.17, 15) is 14.5 Å². The van der Waals surface area contributed by atoms with Crippen LogP contribution in [0.1, 0.15) is 11.1 Å². The number of nitro benzene ring substituents is 1. The van der Waals surface area contributed by atoms with Crippen LogP contribution in [-0.4, -0.2) is 4.92 Å². The molecule has 0 radical (unpaired) electrons.